The Morgan fingerprint density at radius 1 is 1.05 bits per heavy atom. The molecule has 4 rings (SSSR count). The van der Waals surface area contributed by atoms with E-state index in [0.29, 0.717) is 0 Å². The van der Waals surface area contributed by atoms with E-state index >= 15 is 0 Å². The average molecular weight is 351 g/mol. The molecule has 22 heavy (non-hydrogen) atoms. The molecule has 108 valence electrons. The maximum atomic E-state index is 4.73. The van der Waals surface area contributed by atoms with Crippen molar-refractivity contribution in [1.29, 1.82) is 0 Å². The Hall–Kier alpha value is -2.13. The molecule has 1 N–H and O–H groups in total. The average Bonchev–Trinajstić information content (AvgIpc) is 2.90. The highest BCUT2D eigenvalue weighted by molar-refractivity contribution is 9.10. The lowest BCUT2D eigenvalue weighted by molar-refractivity contribution is 1.11. The molecule has 2 heterocycles. The summed E-state index contributed by atoms with van der Waals surface area (Å²) in [5, 5.41) is 2.46. The molecule has 2 aromatic carbocycles. The lowest BCUT2D eigenvalue weighted by atomic mass is 10.0. The normalized spacial score (nSPS) is 11.4. The number of pyridine rings is 1. The van der Waals surface area contributed by atoms with E-state index in [-0.39, 0.29) is 0 Å². The zero-order valence-corrected chi connectivity index (χ0v) is 13.8. The van der Waals surface area contributed by atoms with Gasteiger partial charge in [-0.3, -0.25) is 4.98 Å². The number of nitrogens with one attached hydrogen (secondary N) is 1. The summed E-state index contributed by atoms with van der Waals surface area (Å²) < 4.78 is 1.11. The molecule has 0 amide bonds. The molecule has 2 nitrogen and oxygen atoms in total. The molecule has 0 radical (unpaired) electrons. The van der Waals surface area contributed by atoms with Crippen molar-refractivity contribution in [3.05, 3.63) is 76.0 Å². The quantitative estimate of drug-likeness (QED) is 0.516. The maximum absolute atomic E-state index is 4.73. The first-order valence-corrected chi connectivity index (χ1v) is 8.11. The summed E-state index contributed by atoms with van der Waals surface area (Å²) in [6.45, 7) is 2.09. The van der Waals surface area contributed by atoms with E-state index in [1.807, 2.05) is 6.07 Å². The molecular weight excluding hydrogens is 336 g/mol. The van der Waals surface area contributed by atoms with Gasteiger partial charge in [0.15, 0.2) is 0 Å². The standard InChI is InChI=1S/C19H15BrN2/c1-12-14(8-13-4-2-3-5-18(13)22-12)9-15-11-21-19-7-6-16(20)10-17(15)19/h2-8,10-11,21H,9H2,1H3. The van der Waals surface area contributed by atoms with Crippen molar-refractivity contribution >= 4 is 37.7 Å². The molecule has 3 heteroatoms. The fourth-order valence-electron chi connectivity index (χ4n) is 2.94. The van der Waals surface area contributed by atoms with E-state index in [4.69, 9.17) is 4.98 Å². The summed E-state index contributed by atoms with van der Waals surface area (Å²) in [5.74, 6) is 0. The van der Waals surface area contributed by atoms with Gasteiger partial charge in [-0.05, 0) is 48.4 Å². The number of fused-ring (bicyclic) bond motifs is 2. The number of hydrogen-bond donors (Lipinski definition) is 1. The van der Waals surface area contributed by atoms with Crippen molar-refractivity contribution in [3.63, 3.8) is 0 Å². The van der Waals surface area contributed by atoms with Crippen molar-refractivity contribution in [3.8, 4) is 0 Å². The van der Waals surface area contributed by atoms with Crippen molar-refractivity contribution in [2.75, 3.05) is 0 Å². The Bertz CT molecular complexity index is 985. The summed E-state index contributed by atoms with van der Waals surface area (Å²) in [4.78, 5) is 8.09. The molecule has 0 saturated carbocycles. The van der Waals surface area contributed by atoms with Gasteiger partial charge in [-0.1, -0.05) is 34.1 Å². The molecule has 0 aliphatic heterocycles. The van der Waals surface area contributed by atoms with Crippen LogP contribution < -0.4 is 0 Å². The van der Waals surface area contributed by atoms with Crippen LogP contribution >= 0.6 is 15.9 Å². The number of rotatable bonds is 2. The lowest BCUT2D eigenvalue weighted by Crippen LogP contribution is -1.95. The third kappa shape index (κ3) is 2.32. The second kappa shape index (κ2) is 5.25. The van der Waals surface area contributed by atoms with Crippen molar-refractivity contribution in [2.24, 2.45) is 0 Å². The molecule has 0 spiro atoms. The van der Waals surface area contributed by atoms with Crippen LogP contribution in [0.25, 0.3) is 21.8 Å². The van der Waals surface area contributed by atoms with Gasteiger partial charge in [0.25, 0.3) is 0 Å². The van der Waals surface area contributed by atoms with Gasteiger partial charge in [0.2, 0.25) is 0 Å². The fraction of sp³-hybridized carbons (Fsp3) is 0.105. The Morgan fingerprint density at radius 2 is 1.91 bits per heavy atom. The highest BCUT2D eigenvalue weighted by Gasteiger charge is 2.09. The minimum absolute atomic E-state index is 0.889. The van der Waals surface area contributed by atoms with Crippen LogP contribution in [0.5, 0.6) is 0 Å². The Balaban J connectivity index is 1.82. The number of H-pyrrole nitrogens is 1. The highest BCUT2D eigenvalue weighted by atomic mass is 79.9. The summed E-state index contributed by atoms with van der Waals surface area (Å²) in [6.07, 6.45) is 2.99. The molecular formula is C19H15BrN2. The minimum Gasteiger partial charge on any atom is -0.361 e. The van der Waals surface area contributed by atoms with Crippen LogP contribution in [0.15, 0.2) is 59.2 Å². The van der Waals surface area contributed by atoms with E-state index in [2.05, 4.69) is 76.5 Å². The van der Waals surface area contributed by atoms with Crippen molar-refractivity contribution in [1.82, 2.24) is 9.97 Å². The first-order valence-electron chi connectivity index (χ1n) is 7.31. The van der Waals surface area contributed by atoms with Crippen LogP contribution in [-0.2, 0) is 6.42 Å². The molecule has 4 aromatic rings. The monoisotopic (exact) mass is 350 g/mol. The van der Waals surface area contributed by atoms with Gasteiger partial charge >= 0.3 is 0 Å². The zero-order valence-electron chi connectivity index (χ0n) is 12.2. The third-order valence-electron chi connectivity index (χ3n) is 4.13. The summed E-state index contributed by atoms with van der Waals surface area (Å²) in [6, 6.07) is 16.9. The maximum Gasteiger partial charge on any atom is 0.0705 e. The van der Waals surface area contributed by atoms with Crippen LogP contribution in [0.1, 0.15) is 16.8 Å². The summed E-state index contributed by atoms with van der Waals surface area (Å²) >= 11 is 3.56. The molecule has 0 unspecified atom stereocenters. The largest absolute Gasteiger partial charge is 0.361 e. The van der Waals surface area contributed by atoms with Crippen molar-refractivity contribution < 1.29 is 0 Å². The Kier molecular flexibility index (Phi) is 3.23. The number of hydrogen-bond acceptors (Lipinski definition) is 1. The number of aromatic amines is 1. The second-order valence-corrected chi connectivity index (χ2v) is 6.52. The van der Waals surface area contributed by atoms with E-state index < -0.39 is 0 Å². The van der Waals surface area contributed by atoms with Gasteiger partial charge in [0.1, 0.15) is 0 Å². The first kappa shape index (κ1) is 13.5. The molecule has 0 fully saturated rings. The molecule has 0 bridgehead atoms. The van der Waals surface area contributed by atoms with Crippen LogP contribution in [0.4, 0.5) is 0 Å². The third-order valence-corrected chi connectivity index (χ3v) is 4.62. The number of nitrogens with zero attached hydrogens (tertiary/aromatic N) is 1. The zero-order chi connectivity index (χ0) is 15.1. The van der Waals surface area contributed by atoms with E-state index in [1.54, 1.807) is 0 Å². The molecule has 0 aliphatic rings. The van der Waals surface area contributed by atoms with Gasteiger partial charge < -0.3 is 4.98 Å². The van der Waals surface area contributed by atoms with Crippen LogP contribution in [0, 0.1) is 6.92 Å². The topological polar surface area (TPSA) is 28.7 Å². The van der Waals surface area contributed by atoms with Crippen LogP contribution in [0.2, 0.25) is 0 Å². The number of aromatic nitrogens is 2. The smallest absolute Gasteiger partial charge is 0.0705 e. The number of aryl methyl sites for hydroxylation is 1. The van der Waals surface area contributed by atoms with Crippen LogP contribution in [0.3, 0.4) is 0 Å². The van der Waals surface area contributed by atoms with Gasteiger partial charge in [-0.25, -0.2) is 0 Å². The minimum atomic E-state index is 0.889. The Morgan fingerprint density at radius 3 is 2.82 bits per heavy atom. The Labute approximate surface area is 137 Å². The fourth-order valence-corrected chi connectivity index (χ4v) is 3.30. The lowest BCUT2D eigenvalue weighted by Gasteiger charge is -2.07. The van der Waals surface area contributed by atoms with Gasteiger partial charge in [0, 0.05) is 39.1 Å². The SMILES string of the molecule is Cc1nc2ccccc2cc1Cc1c[nH]c2ccc(Br)cc12. The number of benzene rings is 2. The predicted octanol–water partition coefficient (Wildman–Crippen LogP) is 5.38. The highest BCUT2D eigenvalue weighted by Crippen LogP contribution is 2.26. The summed E-state index contributed by atoms with van der Waals surface area (Å²) in [5.41, 5.74) is 5.91. The number of halogens is 1. The molecule has 0 saturated heterocycles. The number of para-hydroxylation sites is 1. The second-order valence-electron chi connectivity index (χ2n) is 5.61. The van der Waals surface area contributed by atoms with E-state index in [0.717, 1.165) is 22.1 Å². The van der Waals surface area contributed by atoms with E-state index in [9.17, 15) is 0 Å². The molecule has 0 aliphatic carbocycles. The summed E-state index contributed by atoms with van der Waals surface area (Å²) in [7, 11) is 0. The van der Waals surface area contributed by atoms with Crippen LogP contribution in [-0.4, -0.2) is 9.97 Å². The van der Waals surface area contributed by atoms with E-state index in [1.165, 1.54) is 27.4 Å². The molecule has 0 atom stereocenters. The molecule has 2 aromatic heterocycles. The van der Waals surface area contributed by atoms with Crippen molar-refractivity contribution in [2.45, 2.75) is 13.3 Å². The van der Waals surface area contributed by atoms with Gasteiger partial charge in [-0.15, -0.1) is 0 Å². The first-order chi connectivity index (χ1) is 10.7. The van der Waals surface area contributed by atoms with Gasteiger partial charge in [0.05, 0.1) is 5.52 Å². The van der Waals surface area contributed by atoms with Gasteiger partial charge in [-0.2, -0.15) is 0 Å². The predicted molar refractivity (Wildman–Crippen MR) is 95.3 cm³/mol.